The van der Waals surface area contributed by atoms with Crippen LogP contribution in [0.1, 0.15) is 29.3 Å². The average Bonchev–Trinajstić information content (AvgIpc) is 2.91. The van der Waals surface area contributed by atoms with Crippen LogP contribution in [0, 0.1) is 11.3 Å². The maximum Gasteiger partial charge on any atom is 0.0992 e. The zero-order valence-electron chi connectivity index (χ0n) is 9.30. The molecule has 0 spiro atoms. The van der Waals surface area contributed by atoms with Crippen molar-refractivity contribution >= 4 is 5.69 Å². The second kappa shape index (κ2) is 3.63. The molecule has 4 nitrogen and oxygen atoms in total. The van der Waals surface area contributed by atoms with Crippen molar-refractivity contribution in [3.8, 4) is 6.07 Å². The highest BCUT2D eigenvalue weighted by molar-refractivity contribution is 5.54. The minimum absolute atomic E-state index is 0.264. The fourth-order valence-corrected chi connectivity index (χ4v) is 2.48. The number of nitrogens with zero attached hydrogens (tertiary/aromatic N) is 3. The van der Waals surface area contributed by atoms with Crippen LogP contribution in [0.25, 0.3) is 0 Å². The number of anilines is 1. The largest absolute Gasteiger partial charge is 0.398 e. The molecular formula is C13H12N4. The van der Waals surface area contributed by atoms with E-state index in [1.54, 1.807) is 6.07 Å². The Bertz CT molecular complexity index is 606. The van der Waals surface area contributed by atoms with Crippen LogP contribution in [-0.4, -0.2) is 9.55 Å². The first kappa shape index (κ1) is 9.91. The Hall–Kier alpha value is -2.28. The second-order valence-electron chi connectivity index (χ2n) is 4.30. The molecule has 0 radical (unpaired) electrons. The summed E-state index contributed by atoms with van der Waals surface area (Å²) < 4.78 is 2.16. The van der Waals surface area contributed by atoms with Crippen LogP contribution in [0.15, 0.2) is 30.7 Å². The van der Waals surface area contributed by atoms with E-state index >= 15 is 0 Å². The molecule has 1 aliphatic rings. The summed E-state index contributed by atoms with van der Waals surface area (Å²) in [6.07, 6.45) is 5.84. The Morgan fingerprint density at radius 1 is 1.47 bits per heavy atom. The molecule has 0 fully saturated rings. The van der Waals surface area contributed by atoms with Gasteiger partial charge in [-0.25, -0.2) is 4.98 Å². The number of aryl methyl sites for hydroxylation is 1. The van der Waals surface area contributed by atoms with Gasteiger partial charge in [0.2, 0.25) is 0 Å². The molecule has 0 aliphatic carbocycles. The minimum Gasteiger partial charge on any atom is -0.398 e. The van der Waals surface area contributed by atoms with Crippen molar-refractivity contribution in [1.82, 2.24) is 9.55 Å². The first-order valence-corrected chi connectivity index (χ1v) is 5.60. The number of nitrogen functional groups attached to an aromatic ring is 1. The number of nitriles is 1. The molecule has 0 saturated carbocycles. The predicted octanol–water partition coefficient (Wildman–Crippen LogP) is 1.87. The number of fused-ring (bicyclic) bond motifs is 1. The van der Waals surface area contributed by atoms with E-state index in [0.717, 1.165) is 18.4 Å². The quantitative estimate of drug-likeness (QED) is 0.752. The molecule has 0 saturated heterocycles. The van der Waals surface area contributed by atoms with Gasteiger partial charge < -0.3 is 10.3 Å². The summed E-state index contributed by atoms with van der Waals surface area (Å²) in [6.45, 7) is 0. The van der Waals surface area contributed by atoms with Gasteiger partial charge in [0, 0.05) is 17.6 Å². The Labute approximate surface area is 99.3 Å². The molecule has 2 heterocycles. The van der Waals surface area contributed by atoms with Crippen molar-refractivity contribution < 1.29 is 0 Å². The molecule has 84 valence electrons. The maximum absolute atomic E-state index is 8.82. The topological polar surface area (TPSA) is 67.6 Å². The van der Waals surface area contributed by atoms with E-state index < -0.39 is 0 Å². The van der Waals surface area contributed by atoms with E-state index in [1.165, 1.54) is 5.69 Å². The van der Waals surface area contributed by atoms with Crippen LogP contribution >= 0.6 is 0 Å². The van der Waals surface area contributed by atoms with Crippen LogP contribution in [0.2, 0.25) is 0 Å². The lowest BCUT2D eigenvalue weighted by Crippen LogP contribution is -2.07. The van der Waals surface area contributed by atoms with Gasteiger partial charge in [-0.3, -0.25) is 0 Å². The molecule has 1 atom stereocenters. The summed E-state index contributed by atoms with van der Waals surface area (Å²) >= 11 is 0. The lowest BCUT2D eigenvalue weighted by molar-refractivity contribution is 0.617. The molecule has 2 N–H and O–H groups in total. The molecule has 4 heteroatoms. The van der Waals surface area contributed by atoms with Gasteiger partial charge in [0.15, 0.2) is 0 Å². The van der Waals surface area contributed by atoms with Crippen LogP contribution in [0.5, 0.6) is 0 Å². The summed E-state index contributed by atoms with van der Waals surface area (Å²) in [4.78, 5) is 4.15. The summed E-state index contributed by atoms with van der Waals surface area (Å²) in [5.74, 6) is 0. The molecule has 2 aromatic rings. The fourth-order valence-electron chi connectivity index (χ4n) is 2.48. The summed E-state index contributed by atoms with van der Waals surface area (Å²) in [7, 11) is 0. The average molecular weight is 224 g/mol. The van der Waals surface area contributed by atoms with E-state index in [0.29, 0.717) is 11.3 Å². The Morgan fingerprint density at radius 3 is 3.12 bits per heavy atom. The highest BCUT2D eigenvalue weighted by Crippen LogP contribution is 2.34. The molecule has 1 aliphatic heterocycles. The van der Waals surface area contributed by atoms with Gasteiger partial charge in [-0.1, -0.05) is 6.07 Å². The van der Waals surface area contributed by atoms with Crippen LogP contribution in [0.4, 0.5) is 5.69 Å². The van der Waals surface area contributed by atoms with E-state index in [2.05, 4.69) is 15.6 Å². The lowest BCUT2D eigenvalue weighted by Gasteiger charge is -2.15. The third kappa shape index (κ3) is 1.48. The monoisotopic (exact) mass is 224 g/mol. The summed E-state index contributed by atoms with van der Waals surface area (Å²) in [5, 5.41) is 8.82. The first-order valence-electron chi connectivity index (χ1n) is 5.60. The van der Waals surface area contributed by atoms with Crippen molar-refractivity contribution in [2.45, 2.75) is 18.9 Å². The first-order chi connectivity index (χ1) is 8.29. The third-order valence-electron chi connectivity index (χ3n) is 3.33. The third-order valence-corrected chi connectivity index (χ3v) is 3.33. The Balaban J connectivity index is 2.05. The number of benzene rings is 1. The number of nitrogens with two attached hydrogens (primary N) is 1. The lowest BCUT2D eigenvalue weighted by atomic mass is 10.0. The Morgan fingerprint density at radius 2 is 2.35 bits per heavy atom. The van der Waals surface area contributed by atoms with Gasteiger partial charge in [0.1, 0.15) is 0 Å². The van der Waals surface area contributed by atoms with E-state index in [1.807, 2.05) is 24.7 Å². The second-order valence-corrected chi connectivity index (χ2v) is 4.30. The van der Waals surface area contributed by atoms with Crippen LogP contribution in [0.3, 0.4) is 0 Å². The van der Waals surface area contributed by atoms with Crippen LogP contribution < -0.4 is 5.73 Å². The fraction of sp³-hybridized carbons (Fsp3) is 0.231. The zero-order valence-corrected chi connectivity index (χ0v) is 9.30. The highest BCUT2D eigenvalue weighted by Gasteiger charge is 2.24. The molecule has 0 bridgehead atoms. The van der Waals surface area contributed by atoms with Gasteiger partial charge in [0.25, 0.3) is 0 Å². The summed E-state index contributed by atoms with van der Waals surface area (Å²) in [5.41, 5.74) is 9.65. The van der Waals surface area contributed by atoms with Crippen molar-refractivity contribution in [2.75, 3.05) is 5.73 Å². The highest BCUT2D eigenvalue weighted by atomic mass is 15.1. The number of rotatable bonds is 1. The number of hydrogen-bond donors (Lipinski definition) is 1. The van der Waals surface area contributed by atoms with E-state index in [9.17, 15) is 0 Å². The molecule has 3 rings (SSSR count). The number of imidazole rings is 1. The predicted molar refractivity (Wildman–Crippen MR) is 64.3 cm³/mol. The standard InChI is InChI=1S/C13H12N4/c14-6-9-1-3-11(12(15)5-9)13-4-2-10-7-16-8-17(10)13/h1,3,5,7-8,13H,2,4,15H2/t13-/m1/s1. The van der Waals surface area contributed by atoms with Crippen molar-refractivity contribution in [3.05, 3.63) is 47.5 Å². The smallest absolute Gasteiger partial charge is 0.0992 e. The number of aromatic nitrogens is 2. The maximum atomic E-state index is 8.82. The van der Waals surface area contributed by atoms with Gasteiger partial charge in [0.05, 0.1) is 24.0 Å². The minimum atomic E-state index is 0.264. The molecule has 17 heavy (non-hydrogen) atoms. The van der Waals surface area contributed by atoms with Crippen molar-refractivity contribution in [3.63, 3.8) is 0 Å². The number of hydrogen-bond acceptors (Lipinski definition) is 3. The molecule has 1 aromatic heterocycles. The Kier molecular flexibility index (Phi) is 2.12. The van der Waals surface area contributed by atoms with Gasteiger partial charge in [-0.2, -0.15) is 5.26 Å². The molecular weight excluding hydrogens is 212 g/mol. The normalized spacial score (nSPS) is 17.7. The van der Waals surface area contributed by atoms with E-state index in [4.69, 9.17) is 11.0 Å². The van der Waals surface area contributed by atoms with Gasteiger partial charge >= 0.3 is 0 Å². The molecule has 1 aromatic carbocycles. The molecule has 0 unspecified atom stereocenters. The zero-order chi connectivity index (χ0) is 11.8. The van der Waals surface area contributed by atoms with Gasteiger partial charge in [-0.15, -0.1) is 0 Å². The van der Waals surface area contributed by atoms with Crippen LogP contribution in [-0.2, 0) is 6.42 Å². The SMILES string of the molecule is N#Cc1ccc([C@H]2CCc3cncn32)c(N)c1. The molecule has 0 amide bonds. The van der Waals surface area contributed by atoms with E-state index in [-0.39, 0.29) is 6.04 Å². The van der Waals surface area contributed by atoms with Crippen molar-refractivity contribution in [2.24, 2.45) is 0 Å². The van der Waals surface area contributed by atoms with Crippen molar-refractivity contribution in [1.29, 1.82) is 5.26 Å². The summed E-state index contributed by atoms with van der Waals surface area (Å²) in [6, 6.07) is 7.88. The van der Waals surface area contributed by atoms with Gasteiger partial charge in [-0.05, 0) is 30.5 Å².